The van der Waals surface area contributed by atoms with Gasteiger partial charge in [0.15, 0.2) is 6.61 Å². The maximum Gasteiger partial charge on any atom is 0.277 e. The number of rotatable bonds is 6. The van der Waals surface area contributed by atoms with Gasteiger partial charge in [-0.1, -0.05) is 41.4 Å². The topological polar surface area (TPSA) is 92.3 Å². The van der Waals surface area contributed by atoms with E-state index in [4.69, 9.17) is 33.2 Å². The Balaban J connectivity index is 1.65. The molecule has 0 fully saturated rings. The van der Waals surface area contributed by atoms with Gasteiger partial charge in [0, 0.05) is 5.02 Å². The molecule has 0 unspecified atom stereocenters. The summed E-state index contributed by atoms with van der Waals surface area (Å²) >= 11 is 12.4. The third-order valence-corrected chi connectivity index (χ3v) is 4.45. The van der Waals surface area contributed by atoms with Crippen LogP contribution in [0.25, 0.3) is 5.69 Å². The normalized spacial score (nSPS) is 10.7. The molecular weight excluding hydrogens is 413 g/mol. The second-order valence-corrected chi connectivity index (χ2v) is 6.67. The van der Waals surface area contributed by atoms with Gasteiger partial charge in [-0.3, -0.25) is 4.79 Å². The SMILES string of the molecule is Cc1nn(-c2cccc(Cl)c2)c(Cl)c1/C=N/NC(=O)COc1ccccc1C#N. The van der Waals surface area contributed by atoms with E-state index in [-0.39, 0.29) is 6.61 Å². The molecule has 3 aromatic rings. The van der Waals surface area contributed by atoms with E-state index in [9.17, 15) is 4.79 Å². The first-order valence-electron chi connectivity index (χ1n) is 8.44. The number of aromatic nitrogens is 2. The molecule has 0 bridgehead atoms. The van der Waals surface area contributed by atoms with Crippen molar-refractivity contribution in [3.8, 4) is 17.5 Å². The van der Waals surface area contributed by atoms with Gasteiger partial charge in [-0.2, -0.15) is 15.5 Å². The van der Waals surface area contributed by atoms with Crippen LogP contribution in [0, 0.1) is 18.3 Å². The van der Waals surface area contributed by atoms with Crippen LogP contribution in [0.15, 0.2) is 53.6 Å². The van der Waals surface area contributed by atoms with E-state index in [1.54, 1.807) is 49.4 Å². The van der Waals surface area contributed by atoms with Crippen LogP contribution >= 0.6 is 23.2 Å². The lowest BCUT2D eigenvalue weighted by atomic mass is 10.2. The molecule has 0 spiro atoms. The molecule has 7 nitrogen and oxygen atoms in total. The summed E-state index contributed by atoms with van der Waals surface area (Å²) in [6.07, 6.45) is 1.41. The predicted molar refractivity (Wildman–Crippen MR) is 111 cm³/mol. The van der Waals surface area contributed by atoms with Crippen LogP contribution in [0.4, 0.5) is 0 Å². The number of hydrogen-bond donors (Lipinski definition) is 1. The van der Waals surface area contributed by atoms with Crippen molar-refractivity contribution in [2.75, 3.05) is 6.61 Å². The average Bonchev–Trinajstić information content (AvgIpc) is 3.00. The maximum atomic E-state index is 11.9. The Morgan fingerprint density at radius 1 is 1.31 bits per heavy atom. The molecule has 1 N–H and O–H groups in total. The third kappa shape index (κ3) is 4.93. The van der Waals surface area contributed by atoms with E-state index in [1.807, 2.05) is 12.1 Å². The van der Waals surface area contributed by atoms with Crippen molar-refractivity contribution in [2.45, 2.75) is 6.92 Å². The quantitative estimate of drug-likeness (QED) is 0.476. The molecule has 1 heterocycles. The van der Waals surface area contributed by atoms with Crippen molar-refractivity contribution in [1.29, 1.82) is 5.26 Å². The molecule has 0 saturated heterocycles. The van der Waals surface area contributed by atoms with Crippen LogP contribution in [-0.2, 0) is 4.79 Å². The summed E-state index contributed by atoms with van der Waals surface area (Å²) in [6, 6.07) is 15.8. The number of hydrazone groups is 1. The first-order valence-corrected chi connectivity index (χ1v) is 9.20. The summed E-state index contributed by atoms with van der Waals surface area (Å²) in [5, 5.41) is 18.2. The van der Waals surface area contributed by atoms with Gasteiger partial charge < -0.3 is 4.74 Å². The highest BCUT2D eigenvalue weighted by molar-refractivity contribution is 6.32. The highest BCUT2D eigenvalue weighted by Gasteiger charge is 2.13. The van der Waals surface area contributed by atoms with Crippen molar-refractivity contribution in [1.82, 2.24) is 15.2 Å². The van der Waals surface area contributed by atoms with Crippen molar-refractivity contribution >= 4 is 35.3 Å². The number of aryl methyl sites for hydroxylation is 1. The van der Waals surface area contributed by atoms with Crippen molar-refractivity contribution < 1.29 is 9.53 Å². The molecule has 29 heavy (non-hydrogen) atoms. The molecule has 2 aromatic carbocycles. The number of nitrogens with zero attached hydrogens (tertiary/aromatic N) is 4. The van der Waals surface area contributed by atoms with Crippen LogP contribution < -0.4 is 10.2 Å². The molecule has 3 rings (SSSR count). The molecule has 1 aromatic heterocycles. The van der Waals surface area contributed by atoms with Gasteiger partial charge in [0.2, 0.25) is 0 Å². The Labute approximate surface area is 177 Å². The van der Waals surface area contributed by atoms with Gasteiger partial charge in [-0.05, 0) is 37.3 Å². The number of hydrogen-bond acceptors (Lipinski definition) is 5. The average molecular weight is 428 g/mol. The molecule has 0 aliphatic heterocycles. The number of para-hydroxylation sites is 1. The van der Waals surface area contributed by atoms with Crippen molar-refractivity contribution in [3.63, 3.8) is 0 Å². The number of carbonyl (C=O) groups is 1. The van der Waals surface area contributed by atoms with Gasteiger partial charge in [0.25, 0.3) is 5.91 Å². The van der Waals surface area contributed by atoms with Gasteiger partial charge in [-0.25, -0.2) is 10.1 Å². The Morgan fingerprint density at radius 2 is 2.10 bits per heavy atom. The van der Waals surface area contributed by atoms with E-state index in [0.717, 1.165) is 0 Å². The third-order valence-electron chi connectivity index (χ3n) is 3.85. The van der Waals surface area contributed by atoms with E-state index in [0.29, 0.717) is 38.4 Å². The van der Waals surface area contributed by atoms with E-state index in [1.165, 1.54) is 10.9 Å². The smallest absolute Gasteiger partial charge is 0.277 e. The summed E-state index contributed by atoms with van der Waals surface area (Å²) in [5.74, 6) is -0.152. The number of nitrogens with one attached hydrogen (secondary N) is 1. The van der Waals surface area contributed by atoms with Gasteiger partial charge in [-0.15, -0.1) is 0 Å². The standard InChI is InChI=1S/C20H15Cl2N5O2/c1-13-17(20(22)27(26-13)16-7-4-6-15(21)9-16)11-24-25-19(28)12-29-18-8-3-2-5-14(18)10-23/h2-9,11H,12H2,1H3,(H,25,28)/b24-11+. The molecule has 146 valence electrons. The van der Waals surface area contributed by atoms with Crippen LogP contribution in [0.2, 0.25) is 10.2 Å². The monoisotopic (exact) mass is 427 g/mol. The van der Waals surface area contributed by atoms with Crippen molar-refractivity contribution in [3.05, 3.63) is 75.5 Å². The minimum absolute atomic E-state index is 0.287. The van der Waals surface area contributed by atoms with Crippen LogP contribution in [0.5, 0.6) is 5.75 Å². The van der Waals surface area contributed by atoms with E-state index >= 15 is 0 Å². The van der Waals surface area contributed by atoms with Crippen LogP contribution in [0.1, 0.15) is 16.8 Å². The fourth-order valence-electron chi connectivity index (χ4n) is 2.47. The zero-order chi connectivity index (χ0) is 20.8. The summed E-state index contributed by atoms with van der Waals surface area (Å²) in [5.41, 5.74) is 4.60. The van der Waals surface area contributed by atoms with E-state index < -0.39 is 5.91 Å². The van der Waals surface area contributed by atoms with Gasteiger partial charge in [0.1, 0.15) is 17.0 Å². The fraction of sp³-hybridized carbons (Fsp3) is 0.100. The lowest BCUT2D eigenvalue weighted by molar-refractivity contribution is -0.123. The molecule has 0 saturated carbocycles. The summed E-state index contributed by atoms with van der Waals surface area (Å²) in [4.78, 5) is 11.9. The molecule has 0 aliphatic rings. The largest absolute Gasteiger partial charge is 0.482 e. The zero-order valence-corrected chi connectivity index (χ0v) is 16.8. The van der Waals surface area contributed by atoms with Gasteiger partial charge in [0.05, 0.1) is 28.7 Å². The summed E-state index contributed by atoms with van der Waals surface area (Å²) in [6.45, 7) is 1.49. The Kier molecular flexibility index (Phi) is 6.50. The van der Waals surface area contributed by atoms with E-state index in [2.05, 4.69) is 15.6 Å². The number of benzene rings is 2. The fourth-order valence-corrected chi connectivity index (χ4v) is 2.97. The maximum absolute atomic E-state index is 11.9. The predicted octanol–water partition coefficient (Wildman–Crippen LogP) is 3.89. The first kappa shape index (κ1) is 20.4. The number of amides is 1. The Bertz CT molecular complexity index is 1120. The molecule has 1 amide bonds. The first-order chi connectivity index (χ1) is 14.0. The molecule has 9 heteroatoms. The summed E-state index contributed by atoms with van der Waals surface area (Å²) in [7, 11) is 0. The number of ether oxygens (including phenoxy) is 1. The molecule has 0 aliphatic carbocycles. The van der Waals surface area contributed by atoms with Crippen LogP contribution in [-0.4, -0.2) is 28.5 Å². The second kappa shape index (κ2) is 9.24. The highest BCUT2D eigenvalue weighted by Crippen LogP contribution is 2.23. The van der Waals surface area contributed by atoms with Gasteiger partial charge >= 0.3 is 0 Å². The molecule has 0 radical (unpaired) electrons. The van der Waals surface area contributed by atoms with Crippen molar-refractivity contribution in [2.24, 2.45) is 5.10 Å². The lowest BCUT2D eigenvalue weighted by Gasteiger charge is -2.06. The minimum Gasteiger partial charge on any atom is -0.482 e. The summed E-state index contributed by atoms with van der Waals surface area (Å²) < 4.78 is 6.89. The second-order valence-electron chi connectivity index (χ2n) is 5.87. The molecular formula is C20H15Cl2N5O2. The lowest BCUT2D eigenvalue weighted by Crippen LogP contribution is -2.24. The number of nitriles is 1. The highest BCUT2D eigenvalue weighted by atomic mass is 35.5. The number of halogens is 2. The Morgan fingerprint density at radius 3 is 2.86 bits per heavy atom. The number of carbonyl (C=O) groups excluding carboxylic acids is 1. The van der Waals surface area contributed by atoms with Crippen LogP contribution in [0.3, 0.4) is 0 Å². The molecule has 0 atom stereocenters. The Hall–Kier alpha value is -3.34. The minimum atomic E-state index is -0.481. The zero-order valence-electron chi connectivity index (χ0n) is 15.3.